The van der Waals surface area contributed by atoms with Crippen molar-refractivity contribution in [1.82, 2.24) is 0 Å². The molecule has 0 radical (unpaired) electrons. The number of nitrogens with zero attached hydrogens (tertiary/aromatic N) is 3. The molecule has 0 amide bonds. The van der Waals surface area contributed by atoms with Gasteiger partial charge in [0.1, 0.15) is 5.82 Å². The van der Waals surface area contributed by atoms with E-state index in [9.17, 15) is 4.39 Å². The Morgan fingerprint density at radius 3 is 2.86 bits per heavy atom. The largest absolute Gasteiger partial charge is 0.396 e. The maximum atomic E-state index is 12.7. The standard InChI is InChI=1S/C8H7ClFN3O/c9-7-3-5(10)1-2-6(7)8(4-14)12-13-11/h1-3,8,14H,4H2. The van der Waals surface area contributed by atoms with Gasteiger partial charge in [0.25, 0.3) is 0 Å². The van der Waals surface area contributed by atoms with E-state index in [4.69, 9.17) is 22.2 Å². The average molecular weight is 216 g/mol. The molecule has 0 saturated carbocycles. The number of benzene rings is 1. The molecule has 0 aromatic heterocycles. The van der Waals surface area contributed by atoms with Gasteiger partial charge in [-0.15, -0.1) is 0 Å². The van der Waals surface area contributed by atoms with Crippen LogP contribution in [0.3, 0.4) is 0 Å². The third-order valence-corrected chi connectivity index (χ3v) is 2.01. The van der Waals surface area contributed by atoms with Crippen molar-refractivity contribution in [1.29, 1.82) is 0 Å². The predicted octanol–water partition coefficient (Wildman–Crippen LogP) is 2.82. The van der Waals surface area contributed by atoms with Crippen LogP contribution in [0.1, 0.15) is 11.6 Å². The number of aliphatic hydroxyl groups is 1. The Labute approximate surface area is 84.6 Å². The highest BCUT2D eigenvalue weighted by atomic mass is 35.5. The summed E-state index contributed by atoms with van der Waals surface area (Å²) in [5.41, 5.74) is 8.62. The van der Waals surface area contributed by atoms with Crippen molar-refractivity contribution < 1.29 is 9.50 Å². The van der Waals surface area contributed by atoms with E-state index in [2.05, 4.69) is 10.0 Å². The first-order valence-corrected chi connectivity index (χ1v) is 4.17. The lowest BCUT2D eigenvalue weighted by Gasteiger charge is -2.09. The van der Waals surface area contributed by atoms with Gasteiger partial charge in [-0.25, -0.2) is 4.39 Å². The zero-order chi connectivity index (χ0) is 10.6. The van der Waals surface area contributed by atoms with Crippen LogP contribution in [0.2, 0.25) is 5.02 Å². The molecule has 0 fully saturated rings. The fourth-order valence-electron chi connectivity index (χ4n) is 1.03. The highest BCUT2D eigenvalue weighted by molar-refractivity contribution is 6.31. The van der Waals surface area contributed by atoms with Crippen LogP contribution in [0.15, 0.2) is 23.3 Å². The molecule has 1 aromatic carbocycles. The molecule has 4 nitrogen and oxygen atoms in total. The molecule has 1 unspecified atom stereocenters. The summed E-state index contributed by atoms with van der Waals surface area (Å²) in [7, 11) is 0. The van der Waals surface area contributed by atoms with Crippen molar-refractivity contribution in [2.45, 2.75) is 6.04 Å². The topological polar surface area (TPSA) is 69.0 Å². The van der Waals surface area contributed by atoms with Crippen LogP contribution >= 0.6 is 11.6 Å². The van der Waals surface area contributed by atoms with Gasteiger partial charge in [-0.3, -0.25) is 0 Å². The smallest absolute Gasteiger partial charge is 0.124 e. The summed E-state index contributed by atoms with van der Waals surface area (Å²) in [6, 6.07) is 2.91. The second-order valence-corrected chi connectivity index (χ2v) is 2.98. The molecular weight excluding hydrogens is 209 g/mol. The van der Waals surface area contributed by atoms with Crippen LogP contribution in [0.4, 0.5) is 4.39 Å². The summed E-state index contributed by atoms with van der Waals surface area (Å²) in [6.07, 6.45) is 0. The molecular formula is C8H7ClFN3O. The number of azide groups is 1. The average Bonchev–Trinajstić information content (AvgIpc) is 2.15. The highest BCUT2D eigenvalue weighted by Gasteiger charge is 2.12. The van der Waals surface area contributed by atoms with Crippen molar-refractivity contribution in [3.63, 3.8) is 0 Å². The van der Waals surface area contributed by atoms with Crippen LogP contribution in [-0.2, 0) is 0 Å². The van der Waals surface area contributed by atoms with E-state index in [1.165, 1.54) is 12.1 Å². The molecule has 0 spiro atoms. The SMILES string of the molecule is [N-]=[N+]=NC(CO)c1ccc(F)cc1Cl. The Hall–Kier alpha value is -1.29. The molecule has 0 aliphatic carbocycles. The van der Waals surface area contributed by atoms with Gasteiger partial charge < -0.3 is 5.11 Å². The van der Waals surface area contributed by atoms with Gasteiger partial charge in [0, 0.05) is 9.93 Å². The molecule has 1 atom stereocenters. The first-order chi connectivity index (χ1) is 6.69. The minimum atomic E-state index is -0.770. The molecule has 0 saturated heterocycles. The molecule has 0 aliphatic rings. The number of halogens is 2. The quantitative estimate of drug-likeness (QED) is 0.470. The van der Waals surface area contributed by atoms with Crippen molar-refractivity contribution >= 4 is 11.6 Å². The molecule has 6 heteroatoms. The highest BCUT2D eigenvalue weighted by Crippen LogP contribution is 2.26. The molecule has 0 bridgehead atoms. The molecule has 74 valence electrons. The lowest BCUT2D eigenvalue weighted by atomic mass is 10.1. The Kier molecular flexibility index (Phi) is 3.71. The molecule has 0 heterocycles. The molecule has 1 N–H and O–H groups in total. The summed E-state index contributed by atoms with van der Waals surface area (Å²) in [6.45, 7) is -0.366. The van der Waals surface area contributed by atoms with Crippen molar-refractivity contribution in [2.24, 2.45) is 5.11 Å². The van der Waals surface area contributed by atoms with E-state index in [0.717, 1.165) is 6.07 Å². The zero-order valence-corrected chi connectivity index (χ0v) is 7.82. The van der Waals surface area contributed by atoms with E-state index in [1.807, 2.05) is 0 Å². The normalized spacial score (nSPS) is 11.9. The monoisotopic (exact) mass is 215 g/mol. The minimum absolute atomic E-state index is 0.136. The zero-order valence-electron chi connectivity index (χ0n) is 7.06. The van der Waals surface area contributed by atoms with Crippen molar-refractivity contribution in [3.05, 3.63) is 45.0 Å². The van der Waals surface area contributed by atoms with Gasteiger partial charge >= 0.3 is 0 Å². The second kappa shape index (κ2) is 4.81. The molecule has 1 rings (SSSR count). The number of hydrogen-bond acceptors (Lipinski definition) is 2. The third-order valence-electron chi connectivity index (χ3n) is 1.69. The van der Waals surface area contributed by atoms with Crippen molar-refractivity contribution in [2.75, 3.05) is 6.61 Å². The van der Waals surface area contributed by atoms with E-state index in [0.29, 0.717) is 5.56 Å². The van der Waals surface area contributed by atoms with E-state index < -0.39 is 11.9 Å². The summed E-state index contributed by atoms with van der Waals surface area (Å²) in [4.78, 5) is 2.56. The first-order valence-electron chi connectivity index (χ1n) is 3.79. The number of aliphatic hydroxyl groups excluding tert-OH is 1. The Morgan fingerprint density at radius 1 is 1.64 bits per heavy atom. The van der Waals surface area contributed by atoms with Crippen LogP contribution in [0, 0.1) is 5.82 Å². The second-order valence-electron chi connectivity index (χ2n) is 2.57. The molecule has 1 aromatic rings. The van der Waals surface area contributed by atoms with E-state index in [1.54, 1.807) is 0 Å². The van der Waals surface area contributed by atoms with Crippen LogP contribution < -0.4 is 0 Å². The van der Waals surface area contributed by atoms with Crippen LogP contribution in [0.25, 0.3) is 10.4 Å². The fraction of sp³-hybridized carbons (Fsp3) is 0.250. The fourth-order valence-corrected chi connectivity index (χ4v) is 1.32. The summed E-state index contributed by atoms with van der Waals surface area (Å²) < 4.78 is 12.7. The van der Waals surface area contributed by atoms with Crippen LogP contribution in [0.5, 0.6) is 0 Å². The number of hydrogen-bond donors (Lipinski definition) is 1. The van der Waals surface area contributed by atoms with E-state index >= 15 is 0 Å². The lowest BCUT2D eigenvalue weighted by Crippen LogP contribution is -2.01. The van der Waals surface area contributed by atoms with E-state index in [-0.39, 0.29) is 11.6 Å². The Bertz CT molecular complexity index is 379. The van der Waals surface area contributed by atoms with Crippen molar-refractivity contribution in [3.8, 4) is 0 Å². The Morgan fingerprint density at radius 2 is 2.36 bits per heavy atom. The van der Waals surface area contributed by atoms with Gasteiger partial charge in [-0.2, -0.15) is 0 Å². The molecule has 0 aliphatic heterocycles. The van der Waals surface area contributed by atoms with Gasteiger partial charge in [0.2, 0.25) is 0 Å². The summed E-state index contributed by atoms with van der Waals surface area (Å²) in [5.74, 6) is -0.476. The van der Waals surface area contributed by atoms with Gasteiger partial charge in [0.05, 0.1) is 12.6 Å². The minimum Gasteiger partial charge on any atom is -0.396 e. The van der Waals surface area contributed by atoms with Gasteiger partial charge in [-0.05, 0) is 23.2 Å². The Balaban J connectivity index is 3.10. The summed E-state index contributed by atoms with van der Waals surface area (Å²) >= 11 is 5.70. The first kappa shape index (κ1) is 10.8. The lowest BCUT2D eigenvalue weighted by molar-refractivity contribution is 0.268. The maximum absolute atomic E-state index is 12.7. The third kappa shape index (κ3) is 2.35. The predicted molar refractivity (Wildman–Crippen MR) is 50.4 cm³/mol. The molecule has 14 heavy (non-hydrogen) atoms. The van der Waals surface area contributed by atoms with Gasteiger partial charge in [-0.1, -0.05) is 22.8 Å². The van der Waals surface area contributed by atoms with Gasteiger partial charge in [0.15, 0.2) is 0 Å². The van der Waals surface area contributed by atoms with Crippen LogP contribution in [-0.4, -0.2) is 11.7 Å². The summed E-state index contributed by atoms with van der Waals surface area (Å²) in [5, 5.41) is 12.3. The maximum Gasteiger partial charge on any atom is 0.124 e. The number of rotatable bonds is 3.